The highest BCUT2D eigenvalue weighted by Crippen LogP contribution is 2.14. The van der Waals surface area contributed by atoms with E-state index in [1.165, 1.54) is 0 Å². The molecule has 0 aliphatic carbocycles. The van der Waals surface area contributed by atoms with Crippen LogP contribution in [-0.2, 0) is 0 Å². The van der Waals surface area contributed by atoms with Crippen LogP contribution in [0.2, 0.25) is 0 Å². The quantitative estimate of drug-likeness (QED) is 0.371. The molecule has 1 aromatic rings. The predicted molar refractivity (Wildman–Crippen MR) is 51.6 cm³/mol. The van der Waals surface area contributed by atoms with Crippen molar-refractivity contribution in [3.8, 4) is 0 Å². The normalized spacial score (nSPS) is 10.7. The molecule has 0 spiro atoms. The Balaban J connectivity index is 3.12. The van der Waals surface area contributed by atoms with Crippen molar-refractivity contribution in [1.82, 2.24) is 0 Å². The first kappa shape index (κ1) is 8.14. The van der Waals surface area contributed by atoms with Gasteiger partial charge >= 0.3 is 0 Å². The Kier molecular flexibility index (Phi) is 2.54. The minimum absolute atomic E-state index is 0.730. The highest BCUT2D eigenvalue weighted by atomic mass is 32.1. The van der Waals surface area contributed by atoms with E-state index < -0.39 is 0 Å². The van der Waals surface area contributed by atoms with Gasteiger partial charge in [0.1, 0.15) is 0 Å². The number of nitrogen functional groups attached to an aromatic ring is 1. The summed E-state index contributed by atoms with van der Waals surface area (Å²) in [4.78, 5) is 4.77. The lowest BCUT2D eigenvalue weighted by molar-refractivity contribution is 1.43. The van der Waals surface area contributed by atoms with Crippen LogP contribution in [0.15, 0.2) is 28.1 Å². The highest BCUT2D eigenvalue weighted by molar-refractivity contribution is 7.80. The van der Waals surface area contributed by atoms with Crippen molar-refractivity contribution in [3.05, 3.63) is 23.8 Å². The lowest BCUT2D eigenvalue weighted by atomic mass is 10.2. The van der Waals surface area contributed by atoms with Gasteiger partial charge in [0.05, 0.1) is 0 Å². The summed E-state index contributed by atoms with van der Waals surface area (Å²) < 4.78 is 0. The number of aliphatic imine (C=N–C) groups is 1. The summed E-state index contributed by atoms with van der Waals surface area (Å²) in [6.45, 7) is 0. The molecule has 1 rings (SSSR count). The van der Waals surface area contributed by atoms with Gasteiger partial charge in [0.2, 0.25) is 0 Å². The lowest BCUT2D eigenvalue weighted by Gasteiger charge is -1.99. The molecule has 0 bridgehead atoms. The van der Waals surface area contributed by atoms with Gasteiger partial charge in [0, 0.05) is 29.4 Å². The molecule has 0 saturated heterocycles. The number of rotatable bonds is 1. The van der Waals surface area contributed by atoms with Crippen LogP contribution in [0.5, 0.6) is 0 Å². The summed E-state index contributed by atoms with van der Waals surface area (Å²) in [7, 11) is 1.71. The molecule has 0 aromatic heterocycles. The molecule has 2 N–H and O–H groups in total. The second kappa shape index (κ2) is 3.44. The van der Waals surface area contributed by atoms with Gasteiger partial charge in [0.15, 0.2) is 0 Å². The zero-order chi connectivity index (χ0) is 8.27. The van der Waals surface area contributed by atoms with Crippen LogP contribution in [0.4, 0.5) is 5.69 Å². The Bertz CT molecular complexity index is 281. The average molecular weight is 166 g/mol. The number of anilines is 1. The molecular weight excluding hydrogens is 156 g/mol. The van der Waals surface area contributed by atoms with Crippen LogP contribution in [0.25, 0.3) is 0 Å². The average Bonchev–Trinajstić information content (AvgIpc) is 1.98. The lowest BCUT2D eigenvalue weighted by Crippen LogP contribution is -1.92. The van der Waals surface area contributed by atoms with E-state index in [0.29, 0.717) is 0 Å². The van der Waals surface area contributed by atoms with Crippen LogP contribution in [0.3, 0.4) is 0 Å². The van der Waals surface area contributed by atoms with E-state index in [-0.39, 0.29) is 0 Å². The van der Waals surface area contributed by atoms with Crippen molar-refractivity contribution in [2.45, 2.75) is 4.90 Å². The molecule has 0 fully saturated rings. The molecule has 11 heavy (non-hydrogen) atoms. The number of hydrogen-bond acceptors (Lipinski definition) is 3. The van der Waals surface area contributed by atoms with Crippen molar-refractivity contribution < 1.29 is 0 Å². The van der Waals surface area contributed by atoms with Crippen LogP contribution in [0, 0.1) is 0 Å². The van der Waals surface area contributed by atoms with Gasteiger partial charge in [0.25, 0.3) is 0 Å². The molecular formula is C8H10N2S. The van der Waals surface area contributed by atoms with E-state index in [1.807, 2.05) is 18.2 Å². The second-order valence-corrected chi connectivity index (χ2v) is 2.72. The maximum atomic E-state index is 5.65. The third-order valence-electron chi connectivity index (χ3n) is 1.34. The van der Waals surface area contributed by atoms with Crippen molar-refractivity contribution in [2.75, 3.05) is 12.8 Å². The summed E-state index contributed by atoms with van der Waals surface area (Å²) in [6, 6.07) is 5.55. The molecule has 0 aliphatic heterocycles. The maximum Gasteiger partial charge on any atom is 0.0403 e. The molecule has 1 aromatic carbocycles. The molecule has 0 heterocycles. The molecule has 0 amide bonds. The van der Waals surface area contributed by atoms with Gasteiger partial charge < -0.3 is 5.73 Å². The van der Waals surface area contributed by atoms with E-state index in [2.05, 4.69) is 17.6 Å². The van der Waals surface area contributed by atoms with E-state index >= 15 is 0 Å². The molecule has 3 heteroatoms. The second-order valence-electron chi connectivity index (χ2n) is 2.20. The van der Waals surface area contributed by atoms with Crippen molar-refractivity contribution in [1.29, 1.82) is 0 Å². The Morgan fingerprint density at radius 2 is 2.27 bits per heavy atom. The monoisotopic (exact) mass is 166 g/mol. The highest BCUT2D eigenvalue weighted by Gasteiger charge is 1.94. The zero-order valence-electron chi connectivity index (χ0n) is 6.28. The standard InChI is InChI=1S/C8H10N2S/c1-10-5-6-4-7(11)2-3-8(6)9/h2-5,11H,9H2,1H3. The van der Waals surface area contributed by atoms with E-state index in [9.17, 15) is 0 Å². The van der Waals surface area contributed by atoms with Gasteiger partial charge in [-0.25, -0.2) is 0 Å². The van der Waals surface area contributed by atoms with E-state index in [4.69, 9.17) is 5.73 Å². The van der Waals surface area contributed by atoms with Crippen LogP contribution < -0.4 is 5.73 Å². The molecule has 2 nitrogen and oxygen atoms in total. The number of hydrogen-bond donors (Lipinski definition) is 2. The number of benzene rings is 1. The van der Waals surface area contributed by atoms with Gasteiger partial charge in [-0.2, -0.15) is 0 Å². The van der Waals surface area contributed by atoms with Crippen LogP contribution in [-0.4, -0.2) is 13.3 Å². The Morgan fingerprint density at radius 3 is 2.91 bits per heavy atom. The summed E-state index contributed by atoms with van der Waals surface area (Å²) in [6.07, 6.45) is 1.72. The fourth-order valence-corrected chi connectivity index (χ4v) is 1.03. The minimum atomic E-state index is 0.730. The van der Waals surface area contributed by atoms with E-state index in [1.54, 1.807) is 13.3 Å². The van der Waals surface area contributed by atoms with Crippen molar-refractivity contribution in [2.24, 2.45) is 4.99 Å². The summed E-state index contributed by atoms with van der Waals surface area (Å²) in [5, 5.41) is 0. The van der Waals surface area contributed by atoms with Crippen LogP contribution >= 0.6 is 12.6 Å². The van der Waals surface area contributed by atoms with Crippen molar-refractivity contribution >= 4 is 24.5 Å². The molecule has 0 aliphatic rings. The molecule has 0 unspecified atom stereocenters. The number of nitrogens with zero attached hydrogens (tertiary/aromatic N) is 1. The smallest absolute Gasteiger partial charge is 0.0403 e. The summed E-state index contributed by atoms with van der Waals surface area (Å²) in [5.74, 6) is 0. The predicted octanol–water partition coefficient (Wildman–Crippen LogP) is 1.61. The van der Waals surface area contributed by atoms with Crippen molar-refractivity contribution in [3.63, 3.8) is 0 Å². The topological polar surface area (TPSA) is 38.4 Å². The molecule has 0 radical (unpaired) electrons. The number of thiol groups is 1. The summed E-state index contributed by atoms with van der Waals surface area (Å²) in [5.41, 5.74) is 7.30. The Morgan fingerprint density at radius 1 is 1.55 bits per heavy atom. The maximum absolute atomic E-state index is 5.65. The Labute approximate surface area is 71.6 Å². The summed E-state index contributed by atoms with van der Waals surface area (Å²) >= 11 is 4.18. The zero-order valence-corrected chi connectivity index (χ0v) is 7.18. The van der Waals surface area contributed by atoms with Crippen LogP contribution in [0.1, 0.15) is 5.56 Å². The molecule has 0 saturated carbocycles. The van der Waals surface area contributed by atoms with Gasteiger partial charge in [-0.15, -0.1) is 12.6 Å². The van der Waals surface area contributed by atoms with Gasteiger partial charge in [-0.1, -0.05) is 0 Å². The third kappa shape index (κ3) is 1.98. The number of nitrogens with two attached hydrogens (primary N) is 1. The Hall–Kier alpha value is -0.960. The third-order valence-corrected chi connectivity index (χ3v) is 1.62. The first-order chi connectivity index (χ1) is 5.24. The fraction of sp³-hybridized carbons (Fsp3) is 0.125. The fourth-order valence-electron chi connectivity index (χ4n) is 0.813. The largest absolute Gasteiger partial charge is 0.398 e. The molecule has 0 atom stereocenters. The first-order valence-corrected chi connectivity index (χ1v) is 3.69. The molecule has 58 valence electrons. The van der Waals surface area contributed by atoms with Gasteiger partial charge in [-0.3, -0.25) is 4.99 Å². The van der Waals surface area contributed by atoms with E-state index in [0.717, 1.165) is 16.1 Å². The SMILES string of the molecule is CN=Cc1cc(S)ccc1N. The first-order valence-electron chi connectivity index (χ1n) is 3.24. The minimum Gasteiger partial charge on any atom is -0.398 e. The van der Waals surface area contributed by atoms with Gasteiger partial charge in [-0.05, 0) is 18.2 Å².